The molecule has 1 aliphatic carbocycles. The summed E-state index contributed by atoms with van der Waals surface area (Å²) in [6.07, 6.45) is 4.06. The number of carbonyl (C=O) groups is 2. The summed E-state index contributed by atoms with van der Waals surface area (Å²) >= 11 is 0. The van der Waals surface area contributed by atoms with Gasteiger partial charge in [-0.3, -0.25) is 9.59 Å². The van der Waals surface area contributed by atoms with E-state index in [4.69, 9.17) is 4.74 Å². The van der Waals surface area contributed by atoms with Crippen molar-refractivity contribution in [3.05, 3.63) is 0 Å². The van der Waals surface area contributed by atoms with E-state index in [1.165, 1.54) is 0 Å². The molecular weight excluding hydrogens is 268 g/mol. The van der Waals surface area contributed by atoms with Crippen molar-refractivity contribution in [1.82, 2.24) is 10.2 Å². The Morgan fingerprint density at radius 1 is 1.19 bits per heavy atom. The number of nitrogens with one attached hydrogen (secondary N) is 1. The van der Waals surface area contributed by atoms with Crippen molar-refractivity contribution in [2.45, 2.75) is 76.7 Å². The second kappa shape index (κ2) is 4.70. The van der Waals surface area contributed by atoms with Crippen molar-refractivity contribution in [1.29, 1.82) is 0 Å². The number of ether oxygens (including phenoxy) is 1. The molecule has 5 nitrogen and oxygen atoms in total. The topological polar surface area (TPSA) is 58.6 Å². The lowest BCUT2D eigenvalue weighted by atomic mass is 9.93. The zero-order valence-electron chi connectivity index (χ0n) is 13.4. The Labute approximate surface area is 126 Å². The van der Waals surface area contributed by atoms with Gasteiger partial charge in [-0.1, -0.05) is 0 Å². The van der Waals surface area contributed by atoms with Crippen LogP contribution in [0.2, 0.25) is 0 Å². The van der Waals surface area contributed by atoms with Gasteiger partial charge in [-0.15, -0.1) is 0 Å². The van der Waals surface area contributed by atoms with Crippen LogP contribution in [0.15, 0.2) is 0 Å². The zero-order valence-corrected chi connectivity index (χ0v) is 13.4. The number of hydrogen-bond acceptors (Lipinski definition) is 3. The van der Waals surface area contributed by atoms with E-state index in [0.29, 0.717) is 12.5 Å². The van der Waals surface area contributed by atoms with Crippen molar-refractivity contribution in [3.63, 3.8) is 0 Å². The van der Waals surface area contributed by atoms with E-state index in [1.54, 1.807) is 4.90 Å². The van der Waals surface area contributed by atoms with Crippen LogP contribution in [0.1, 0.15) is 53.4 Å². The minimum absolute atomic E-state index is 0.0361. The van der Waals surface area contributed by atoms with Gasteiger partial charge in [-0.05, 0) is 59.3 Å². The first kappa shape index (κ1) is 14.8. The molecule has 5 heteroatoms. The number of rotatable bonds is 3. The van der Waals surface area contributed by atoms with E-state index >= 15 is 0 Å². The maximum atomic E-state index is 12.8. The van der Waals surface area contributed by atoms with Crippen LogP contribution in [0.3, 0.4) is 0 Å². The fraction of sp³-hybridized carbons (Fsp3) is 0.875. The van der Waals surface area contributed by atoms with Crippen LogP contribution in [-0.2, 0) is 14.3 Å². The van der Waals surface area contributed by atoms with Crippen molar-refractivity contribution in [3.8, 4) is 0 Å². The first-order valence-corrected chi connectivity index (χ1v) is 8.01. The molecule has 0 spiro atoms. The molecule has 0 aromatic rings. The summed E-state index contributed by atoms with van der Waals surface area (Å²) in [6, 6.07) is -0.320. The lowest BCUT2D eigenvalue weighted by molar-refractivity contribution is -0.159. The molecule has 0 bridgehead atoms. The van der Waals surface area contributed by atoms with Gasteiger partial charge in [0.05, 0.1) is 11.7 Å². The van der Waals surface area contributed by atoms with E-state index in [9.17, 15) is 9.59 Å². The third-order valence-corrected chi connectivity index (χ3v) is 5.08. The molecule has 2 saturated heterocycles. The predicted molar refractivity (Wildman–Crippen MR) is 78.6 cm³/mol. The molecule has 2 amide bonds. The summed E-state index contributed by atoms with van der Waals surface area (Å²) in [6.45, 7) is 8.32. The zero-order chi connectivity index (χ0) is 15.4. The van der Waals surface area contributed by atoms with E-state index in [1.807, 2.05) is 13.8 Å². The standard InChI is InChI=1S/C16H26N2O3/c1-15(2)8-7-11(21-15)9-18-13(19)12(10-5-6-10)17-14(20)16(18,3)4/h10-12H,5-9H2,1-4H3,(H,17,20). The smallest absolute Gasteiger partial charge is 0.246 e. The summed E-state index contributed by atoms with van der Waals surface area (Å²) in [5.41, 5.74) is -0.912. The van der Waals surface area contributed by atoms with Gasteiger partial charge < -0.3 is 15.0 Å². The van der Waals surface area contributed by atoms with Crippen LogP contribution in [0, 0.1) is 5.92 Å². The quantitative estimate of drug-likeness (QED) is 0.857. The van der Waals surface area contributed by atoms with Gasteiger partial charge in [-0.25, -0.2) is 0 Å². The Balaban J connectivity index is 1.76. The first-order valence-electron chi connectivity index (χ1n) is 8.01. The fourth-order valence-corrected chi connectivity index (χ4v) is 3.42. The van der Waals surface area contributed by atoms with Crippen molar-refractivity contribution < 1.29 is 14.3 Å². The summed E-state index contributed by atoms with van der Waals surface area (Å²) in [5, 5.41) is 2.92. The molecule has 118 valence electrons. The molecule has 3 rings (SSSR count). The molecule has 3 aliphatic rings. The Kier molecular flexibility index (Phi) is 3.32. The Morgan fingerprint density at radius 3 is 2.38 bits per heavy atom. The highest BCUT2D eigenvalue weighted by Gasteiger charge is 2.51. The minimum atomic E-state index is -0.793. The maximum Gasteiger partial charge on any atom is 0.246 e. The minimum Gasteiger partial charge on any atom is -0.371 e. The number of piperazine rings is 1. The lowest BCUT2D eigenvalue weighted by Crippen LogP contribution is -2.69. The summed E-state index contributed by atoms with van der Waals surface area (Å²) in [4.78, 5) is 26.9. The van der Waals surface area contributed by atoms with Crippen LogP contribution in [0.4, 0.5) is 0 Å². The van der Waals surface area contributed by atoms with Crippen LogP contribution >= 0.6 is 0 Å². The molecular formula is C16H26N2O3. The Morgan fingerprint density at radius 2 is 1.86 bits per heavy atom. The highest BCUT2D eigenvalue weighted by atomic mass is 16.5. The van der Waals surface area contributed by atoms with Gasteiger partial charge in [0.25, 0.3) is 0 Å². The summed E-state index contributed by atoms with van der Waals surface area (Å²) in [7, 11) is 0. The lowest BCUT2D eigenvalue weighted by Gasteiger charge is -2.45. The van der Waals surface area contributed by atoms with Crippen LogP contribution in [-0.4, -0.2) is 46.5 Å². The average molecular weight is 294 g/mol. The third-order valence-electron chi connectivity index (χ3n) is 5.08. The molecule has 3 fully saturated rings. The first-order chi connectivity index (χ1) is 9.71. The molecule has 0 radical (unpaired) electrons. The second-order valence-electron chi connectivity index (χ2n) is 7.83. The van der Waals surface area contributed by atoms with Gasteiger partial charge in [0.15, 0.2) is 0 Å². The van der Waals surface area contributed by atoms with E-state index in [0.717, 1.165) is 25.7 Å². The molecule has 2 atom stereocenters. The van der Waals surface area contributed by atoms with Crippen molar-refractivity contribution in [2.75, 3.05) is 6.54 Å². The molecule has 2 unspecified atom stereocenters. The highest BCUT2D eigenvalue weighted by molar-refractivity contribution is 5.99. The molecule has 0 aromatic carbocycles. The maximum absolute atomic E-state index is 12.8. The largest absolute Gasteiger partial charge is 0.371 e. The molecule has 21 heavy (non-hydrogen) atoms. The molecule has 1 saturated carbocycles. The third kappa shape index (κ3) is 2.68. The average Bonchev–Trinajstić information content (AvgIpc) is 3.15. The van der Waals surface area contributed by atoms with Gasteiger partial charge in [0.1, 0.15) is 11.6 Å². The van der Waals surface area contributed by atoms with Gasteiger partial charge in [0, 0.05) is 6.54 Å². The van der Waals surface area contributed by atoms with E-state index in [2.05, 4.69) is 19.2 Å². The SMILES string of the molecule is CC1(C)CCC(CN2C(=O)C(C3CC3)NC(=O)C2(C)C)O1. The molecule has 0 aromatic heterocycles. The van der Waals surface area contributed by atoms with Crippen LogP contribution in [0.5, 0.6) is 0 Å². The number of nitrogens with zero attached hydrogens (tertiary/aromatic N) is 1. The van der Waals surface area contributed by atoms with Crippen molar-refractivity contribution >= 4 is 11.8 Å². The fourth-order valence-electron chi connectivity index (χ4n) is 3.42. The number of hydrogen-bond donors (Lipinski definition) is 1. The monoisotopic (exact) mass is 294 g/mol. The Bertz CT molecular complexity index is 468. The van der Waals surface area contributed by atoms with Crippen LogP contribution in [0.25, 0.3) is 0 Å². The Hall–Kier alpha value is -1.10. The second-order valence-corrected chi connectivity index (χ2v) is 7.83. The van der Waals surface area contributed by atoms with Crippen molar-refractivity contribution in [2.24, 2.45) is 5.92 Å². The summed E-state index contributed by atoms with van der Waals surface area (Å²) in [5.74, 6) is 0.354. The van der Waals surface area contributed by atoms with E-state index < -0.39 is 5.54 Å². The highest BCUT2D eigenvalue weighted by Crippen LogP contribution is 2.37. The van der Waals surface area contributed by atoms with Gasteiger partial charge in [-0.2, -0.15) is 0 Å². The molecule has 1 N–H and O–H groups in total. The molecule has 2 heterocycles. The predicted octanol–water partition coefficient (Wildman–Crippen LogP) is 1.46. The van der Waals surface area contributed by atoms with Gasteiger partial charge in [0.2, 0.25) is 11.8 Å². The normalized spacial score (nSPS) is 35.0. The van der Waals surface area contributed by atoms with E-state index in [-0.39, 0.29) is 29.6 Å². The molecule has 2 aliphatic heterocycles. The number of amides is 2. The van der Waals surface area contributed by atoms with Gasteiger partial charge >= 0.3 is 0 Å². The summed E-state index contributed by atoms with van der Waals surface area (Å²) < 4.78 is 6.01. The van der Waals surface area contributed by atoms with Crippen LogP contribution < -0.4 is 5.32 Å². The number of carbonyl (C=O) groups excluding carboxylic acids is 2.